The summed E-state index contributed by atoms with van der Waals surface area (Å²) in [4.78, 5) is 28.8. The first-order valence-corrected chi connectivity index (χ1v) is 8.12. The van der Waals surface area contributed by atoms with Crippen molar-refractivity contribution in [3.63, 3.8) is 0 Å². The molecule has 7 heteroatoms. The van der Waals surface area contributed by atoms with E-state index in [1.54, 1.807) is 18.5 Å². The molecule has 126 valence electrons. The van der Waals surface area contributed by atoms with E-state index in [1.165, 1.54) is 6.20 Å². The first-order valence-electron chi connectivity index (χ1n) is 8.12. The highest BCUT2D eigenvalue weighted by atomic mass is 16.4. The van der Waals surface area contributed by atoms with Gasteiger partial charge in [0.1, 0.15) is 5.82 Å². The summed E-state index contributed by atoms with van der Waals surface area (Å²) in [6.07, 6.45) is 4.94. The Morgan fingerprint density at radius 1 is 0.880 bits per heavy atom. The number of carbonyl (C=O) groups is 1. The number of piperazine rings is 1. The molecule has 0 saturated carbocycles. The number of anilines is 2. The molecular formula is C18H17N5O2. The smallest absolute Gasteiger partial charge is 0.337 e. The zero-order valence-electron chi connectivity index (χ0n) is 13.5. The predicted octanol–water partition coefficient (Wildman–Crippen LogP) is 2.05. The standard InChI is InChI=1S/C18H17N5O2/c24-17(25)15-12-21-16(14-5-2-1-4-13(14)15)22-8-10-23(11-9-22)18-19-6-3-7-20-18/h1-7,12H,8-11H2,(H,24,25). The minimum Gasteiger partial charge on any atom is -0.478 e. The van der Waals surface area contributed by atoms with E-state index in [-0.39, 0.29) is 5.56 Å². The summed E-state index contributed by atoms with van der Waals surface area (Å²) in [6, 6.07) is 9.32. The molecule has 1 N–H and O–H groups in total. The number of hydrogen-bond donors (Lipinski definition) is 1. The molecule has 0 aliphatic carbocycles. The van der Waals surface area contributed by atoms with Crippen LogP contribution in [0.25, 0.3) is 10.8 Å². The number of carboxylic acid groups (broad SMARTS) is 1. The Morgan fingerprint density at radius 3 is 2.20 bits per heavy atom. The van der Waals surface area contributed by atoms with Crippen LogP contribution < -0.4 is 9.80 Å². The molecule has 1 aliphatic heterocycles. The van der Waals surface area contributed by atoms with Crippen molar-refractivity contribution in [2.24, 2.45) is 0 Å². The Bertz CT molecular complexity index is 908. The van der Waals surface area contributed by atoms with E-state index < -0.39 is 5.97 Å². The van der Waals surface area contributed by atoms with Crippen molar-refractivity contribution in [2.45, 2.75) is 0 Å². The maximum atomic E-state index is 11.4. The number of fused-ring (bicyclic) bond motifs is 1. The van der Waals surface area contributed by atoms with E-state index in [0.717, 1.165) is 43.3 Å². The topological polar surface area (TPSA) is 82.5 Å². The summed E-state index contributed by atoms with van der Waals surface area (Å²) in [5.41, 5.74) is 0.232. The van der Waals surface area contributed by atoms with Crippen molar-refractivity contribution < 1.29 is 9.90 Å². The highest BCUT2D eigenvalue weighted by molar-refractivity contribution is 6.06. The van der Waals surface area contributed by atoms with E-state index >= 15 is 0 Å². The second kappa shape index (κ2) is 6.35. The number of benzene rings is 1. The van der Waals surface area contributed by atoms with Crippen LogP contribution in [-0.2, 0) is 0 Å². The van der Waals surface area contributed by atoms with Gasteiger partial charge in [0.15, 0.2) is 0 Å². The monoisotopic (exact) mass is 335 g/mol. The lowest BCUT2D eigenvalue weighted by atomic mass is 10.1. The van der Waals surface area contributed by atoms with Crippen LogP contribution in [0.4, 0.5) is 11.8 Å². The van der Waals surface area contributed by atoms with Crippen molar-refractivity contribution in [1.29, 1.82) is 0 Å². The highest BCUT2D eigenvalue weighted by Crippen LogP contribution is 2.28. The van der Waals surface area contributed by atoms with Gasteiger partial charge >= 0.3 is 5.97 Å². The van der Waals surface area contributed by atoms with E-state index in [1.807, 2.05) is 24.3 Å². The molecule has 25 heavy (non-hydrogen) atoms. The van der Waals surface area contributed by atoms with Gasteiger partial charge in [-0.2, -0.15) is 0 Å². The van der Waals surface area contributed by atoms with Gasteiger partial charge in [-0.05, 0) is 6.07 Å². The van der Waals surface area contributed by atoms with Gasteiger partial charge in [-0.25, -0.2) is 19.7 Å². The minimum absolute atomic E-state index is 0.232. The normalized spacial score (nSPS) is 14.7. The molecule has 3 aromatic rings. The molecule has 0 amide bonds. The molecule has 7 nitrogen and oxygen atoms in total. The van der Waals surface area contributed by atoms with Crippen LogP contribution in [0.3, 0.4) is 0 Å². The highest BCUT2D eigenvalue weighted by Gasteiger charge is 2.22. The van der Waals surface area contributed by atoms with Crippen molar-refractivity contribution in [1.82, 2.24) is 15.0 Å². The largest absolute Gasteiger partial charge is 0.478 e. The number of aromatic carboxylic acids is 1. The van der Waals surface area contributed by atoms with Crippen molar-refractivity contribution >= 4 is 28.5 Å². The number of hydrogen-bond acceptors (Lipinski definition) is 6. The fourth-order valence-corrected chi connectivity index (χ4v) is 3.17. The molecule has 1 aliphatic rings. The molecule has 0 atom stereocenters. The lowest BCUT2D eigenvalue weighted by Crippen LogP contribution is -2.47. The summed E-state index contributed by atoms with van der Waals surface area (Å²) >= 11 is 0. The Morgan fingerprint density at radius 2 is 1.52 bits per heavy atom. The molecule has 0 bridgehead atoms. The Labute approximate surface area is 144 Å². The number of pyridine rings is 1. The molecule has 0 radical (unpaired) electrons. The number of aromatic nitrogens is 3. The molecule has 1 fully saturated rings. The van der Waals surface area contributed by atoms with Gasteiger partial charge in [-0.1, -0.05) is 24.3 Å². The average molecular weight is 335 g/mol. The van der Waals surface area contributed by atoms with Gasteiger partial charge in [0.2, 0.25) is 5.95 Å². The van der Waals surface area contributed by atoms with Gasteiger partial charge in [-0.15, -0.1) is 0 Å². The molecule has 0 unspecified atom stereocenters. The molecule has 1 aromatic carbocycles. The first kappa shape index (κ1) is 15.3. The van der Waals surface area contributed by atoms with Gasteiger partial charge in [0.25, 0.3) is 0 Å². The van der Waals surface area contributed by atoms with Crippen LogP contribution in [0.2, 0.25) is 0 Å². The SMILES string of the molecule is O=C(O)c1cnc(N2CCN(c3ncccn3)CC2)c2ccccc12. The zero-order valence-corrected chi connectivity index (χ0v) is 13.5. The predicted molar refractivity (Wildman–Crippen MR) is 95.2 cm³/mol. The van der Waals surface area contributed by atoms with Crippen LogP contribution in [0.5, 0.6) is 0 Å². The summed E-state index contributed by atoms with van der Waals surface area (Å²) in [5.74, 6) is 0.608. The lowest BCUT2D eigenvalue weighted by molar-refractivity contribution is 0.0698. The molecule has 3 heterocycles. The number of carboxylic acids is 1. The number of rotatable bonds is 3. The van der Waals surface area contributed by atoms with Crippen LogP contribution >= 0.6 is 0 Å². The summed E-state index contributed by atoms with van der Waals surface area (Å²) in [6.45, 7) is 3.14. The first-order chi connectivity index (χ1) is 12.2. The van der Waals surface area contributed by atoms with Gasteiger partial charge in [0.05, 0.1) is 5.56 Å². The fraction of sp³-hybridized carbons (Fsp3) is 0.222. The second-order valence-corrected chi connectivity index (χ2v) is 5.87. The molecule has 4 rings (SSSR count). The Kier molecular flexibility index (Phi) is 3.89. The minimum atomic E-state index is -0.957. The molecular weight excluding hydrogens is 318 g/mol. The summed E-state index contributed by atoms with van der Waals surface area (Å²) in [5, 5.41) is 11.0. The van der Waals surface area contributed by atoms with E-state index in [9.17, 15) is 9.90 Å². The molecule has 1 saturated heterocycles. The second-order valence-electron chi connectivity index (χ2n) is 5.87. The fourth-order valence-electron chi connectivity index (χ4n) is 3.17. The van der Waals surface area contributed by atoms with Gasteiger partial charge < -0.3 is 14.9 Å². The third-order valence-corrected chi connectivity index (χ3v) is 4.42. The summed E-state index contributed by atoms with van der Waals surface area (Å²) < 4.78 is 0. The van der Waals surface area contributed by atoms with Gasteiger partial charge in [-0.3, -0.25) is 0 Å². The lowest BCUT2D eigenvalue weighted by Gasteiger charge is -2.35. The van der Waals surface area contributed by atoms with Crippen molar-refractivity contribution in [3.05, 3.63) is 54.5 Å². The molecule has 2 aromatic heterocycles. The molecule has 0 spiro atoms. The van der Waals surface area contributed by atoms with Crippen molar-refractivity contribution in [3.8, 4) is 0 Å². The maximum Gasteiger partial charge on any atom is 0.337 e. The van der Waals surface area contributed by atoms with Crippen LogP contribution in [0, 0.1) is 0 Å². The third kappa shape index (κ3) is 2.84. The number of nitrogens with zero attached hydrogens (tertiary/aromatic N) is 5. The zero-order chi connectivity index (χ0) is 17.2. The Balaban J connectivity index is 1.62. The van der Waals surface area contributed by atoms with Crippen LogP contribution in [-0.4, -0.2) is 52.2 Å². The van der Waals surface area contributed by atoms with Crippen LogP contribution in [0.15, 0.2) is 48.9 Å². The quantitative estimate of drug-likeness (QED) is 0.784. The maximum absolute atomic E-state index is 11.4. The van der Waals surface area contributed by atoms with Gasteiger partial charge in [0, 0.05) is 55.5 Å². The van der Waals surface area contributed by atoms with E-state index in [2.05, 4.69) is 24.8 Å². The van der Waals surface area contributed by atoms with Crippen LogP contribution in [0.1, 0.15) is 10.4 Å². The third-order valence-electron chi connectivity index (χ3n) is 4.42. The van der Waals surface area contributed by atoms with E-state index in [0.29, 0.717) is 5.39 Å². The average Bonchev–Trinajstić information content (AvgIpc) is 2.68. The summed E-state index contributed by atoms with van der Waals surface area (Å²) in [7, 11) is 0. The Hall–Kier alpha value is -3.22. The van der Waals surface area contributed by atoms with E-state index in [4.69, 9.17) is 0 Å². The van der Waals surface area contributed by atoms with Crippen molar-refractivity contribution in [2.75, 3.05) is 36.0 Å².